The zero-order valence-electron chi connectivity index (χ0n) is 16.0. The predicted molar refractivity (Wildman–Crippen MR) is 102 cm³/mol. The minimum Gasteiger partial charge on any atom is -0.311 e. The van der Waals surface area contributed by atoms with Crippen LogP contribution < -0.4 is 11.2 Å². The lowest BCUT2D eigenvalue weighted by Gasteiger charge is -2.13. The SMILES string of the molecule is Cc1cn2c3c(=O)n(CCC(C)C)c(=O)n(C)c3nc2n1C1CCCC1. The molecule has 0 amide bonds. The highest BCUT2D eigenvalue weighted by Gasteiger charge is 2.25. The van der Waals surface area contributed by atoms with Gasteiger partial charge >= 0.3 is 5.69 Å². The lowest BCUT2D eigenvalue weighted by Crippen LogP contribution is -2.39. The van der Waals surface area contributed by atoms with Crippen LogP contribution in [0.25, 0.3) is 16.9 Å². The highest BCUT2D eigenvalue weighted by molar-refractivity contribution is 5.75. The Morgan fingerprint density at radius 3 is 2.58 bits per heavy atom. The molecule has 26 heavy (non-hydrogen) atoms. The van der Waals surface area contributed by atoms with Gasteiger partial charge in [0.15, 0.2) is 11.2 Å². The summed E-state index contributed by atoms with van der Waals surface area (Å²) in [7, 11) is 1.70. The molecule has 0 bridgehead atoms. The molecular formula is C19H27N5O2. The van der Waals surface area contributed by atoms with Crippen LogP contribution in [-0.4, -0.2) is 23.1 Å². The summed E-state index contributed by atoms with van der Waals surface area (Å²) in [5.74, 6) is 1.21. The van der Waals surface area contributed by atoms with E-state index < -0.39 is 0 Å². The van der Waals surface area contributed by atoms with Gasteiger partial charge in [-0.25, -0.2) is 4.79 Å². The van der Waals surface area contributed by atoms with E-state index in [4.69, 9.17) is 4.98 Å². The van der Waals surface area contributed by atoms with Gasteiger partial charge in [-0.15, -0.1) is 0 Å². The Bertz CT molecular complexity index is 1090. The van der Waals surface area contributed by atoms with Gasteiger partial charge < -0.3 is 4.57 Å². The molecule has 0 radical (unpaired) electrons. The number of nitrogens with zero attached hydrogens (tertiary/aromatic N) is 5. The first kappa shape index (κ1) is 17.1. The molecule has 0 atom stereocenters. The summed E-state index contributed by atoms with van der Waals surface area (Å²) >= 11 is 0. The Balaban J connectivity index is 1.99. The van der Waals surface area contributed by atoms with Crippen molar-refractivity contribution in [3.63, 3.8) is 0 Å². The van der Waals surface area contributed by atoms with Crippen molar-refractivity contribution in [3.8, 4) is 0 Å². The summed E-state index contributed by atoms with van der Waals surface area (Å²) in [5.41, 5.74) is 1.57. The summed E-state index contributed by atoms with van der Waals surface area (Å²) in [4.78, 5) is 30.5. The second kappa shape index (κ2) is 6.14. The Morgan fingerprint density at radius 1 is 1.23 bits per heavy atom. The third kappa shape index (κ3) is 2.44. The van der Waals surface area contributed by atoms with Crippen LogP contribution in [0.1, 0.15) is 57.7 Å². The van der Waals surface area contributed by atoms with E-state index >= 15 is 0 Å². The average Bonchev–Trinajstić information content (AvgIpc) is 3.27. The third-order valence-corrected chi connectivity index (χ3v) is 5.69. The zero-order chi connectivity index (χ0) is 18.6. The lowest BCUT2D eigenvalue weighted by atomic mass is 10.1. The molecule has 3 aromatic heterocycles. The van der Waals surface area contributed by atoms with E-state index in [1.165, 1.54) is 22.0 Å². The maximum atomic E-state index is 13.1. The maximum Gasteiger partial charge on any atom is 0.332 e. The van der Waals surface area contributed by atoms with E-state index in [1.807, 2.05) is 10.6 Å². The molecule has 4 rings (SSSR count). The van der Waals surface area contributed by atoms with Gasteiger partial charge in [-0.2, -0.15) is 4.98 Å². The van der Waals surface area contributed by atoms with Crippen molar-refractivity contribution in [2.75, 3.05) is 0 Å². The third-order valence-electron chi connectivity index (χ3n) is 5.69. The molecule has 0 saturated heterocycles. The molecule has 0 spiro atoms. The molecule has 7 nitrogen and oxygen atoms in total. The van der Waals surface area contributed by atoms with Crippen molar-refractivity contribution >= 4 is 16.9 Å². The number of imidazole rings is 2. The van der Waals surface area contributed by atoms with Gasteiger partial charge in [0.05, 0.1) is 0 Å². The van der Waals surface area contributed by atoms with Crippen molar-refractivity contribution in [2.24, 2.45) is 13.0 Å². The number of fused-ring (bicyclic) bond motifs is 3. The molecule has 0 N–H and O–H groups in total. The molecule has 3 aromatic rings. The predicted octanol–water partition coefficient (Wildman–Crippen LogP) is 2.62. The van der Waals surface area contributed by atoms with Crippen molar-refractivity contribution in [1.29, 1.82) is 0 Å². The molecule has 1 aliphatic rings. The summed E-state index contributed by atoms with van der Waals surface area (Å²) < 4.78 is 7.00. The van der Waals surface area contributed by atoms with Crippen molar-refractivity contribution < 1.29 is 0 Å². The number of aromatic nitrogens is 5. The Morgan fingerprint density at radius 2 is 1.92 bits per heavy atom. The zero-order valence-corrected chi connectivity index (χ0v) is 16.0. The van der Waals surface area contributed by atoms with Gasteiger partial charge in [0.1, 0.15) is 0 Å². The molecule has 140 valence electrons. The standard InChI is InChI=1S/C19H27N5O2/c1-12(2)9-10-22-17(25)15-16(21(4)19(22)26)20-18-23(15)11-13(3)24(18)14-7-5-6-8-14/h11-12,14H,5-10H2,1-4H3. The molecule has 3 heterocycles. The Labute approximate surface area is 151 Å². The van der Waals surface area contributed by atoms with E-state index in [0.29, 0.717) is 29.7 Å². The molecule has 0 aliphatic heterocycles. The molecule has 1 aliphatic carbocycles. The second-order valence-corrected chi connectivity index (χ2v) is 8.01. The monoisotopic (exact) mass is 357 g/mol. The highest BCUT2D eigenvalue weighted by atomic mass is 16.2. The summed E-state index contributed by atoms with van der Waals surface area (Å²) in [6.45, 7) is 6.69. The quantitative estimate of drug-likeness (QED) is 0.721. The Kier molecular flexibility index (Phi) is 4.04. The van der Waals surface area contributed by atoms with Crippen molar-refractivity contribution in [1.82, 2.24) is 23.1 Å². The summed E-state index contributed by atoms with van der Waals surface area (Å²) in [5, 5.41) is 0. The van der Waals surface area contributed by atoms with Gasteiger partial charge in [-0.05, 0) is 32.1 Å². The molecule has 7 heteroatoms. The minimum absolute atomic E-state index is 0.236. The van der Waals surface area contributed by atoms with Crippen molar-refractivity contribution in [2.45, 2.75) is 65.5 Å². The number of rotatable bonds is 4. The molecule has 1 saturated carbocycles. The smallest absolute Gasteiger partial charge is 0.311 e. The molecule has 1 fully saturated rings. The maximum absolute atomic E-state index is 13.1. The van der Waals surface area contributed by atoms with Gasteiger partial charge in [-0.3, -0.25) is 18.3 Å². The average molecular weight is 357 g/mol. The fourth-order valence-corrected chi connectivity index (χ4v) is 4.23. The van der Waals surface area contributed by atoms with Crippen LogP contribution in [0.2, 0.25) is 0 Å². The van der Waals surface area contributed by atoms with E-state index in [0.717, 1.165) is 30.7 Å². The van der Waals surface area contributed by atoms with Crippen LogP contribution in [0, 0.1) is 12.8 Å². The normalized spacial score (nSPS) is 15.9. The number of hydrogen-bond acceptors (Lipinski definition) is 3. The van der Waals surface area contributed by atoms with E-state index in [-0.39, 0.29) is 11.2 Å². The largest absolute Gasteiger partial charge is 0.332 e. The van der Waals surface area contributed by atoms with Crippen LogP contribution in [0.3, 0.4) is 0 Å². The van der Waals surface area contributed by atoms with Gasteiger partial charge in [0, 0.05) is 31.5 Å². The van der Waals surface area contributed by atoms with Crippen LogP contribution in [0.5, 0.6) is 0 Å². The fourth-order valence-electron chi connectivity index (χ4n) is 4.23. The number of aryl methyl sites for hydroxylation is 2. The van der Waals surface area contributed by atoms with Crippen molar-refractivity contribution in [3.05, 3.63) is 32.7 Å². The second-order valence-electron chi connectivity index (χ2n) is 8.01. The van der Waals surface area contributed by atoms with E-state index in [2.05, 4.69) is 25.3 Å². The highest BCUT2D eigenvalue weighted by Crippen LogP contribution is 2.32. The Hall–Kier alpha value is -2.31. The molecular weight excluding hydrogens is 330 g/mol. The molecule has 0 aromatic carbocycles. The van der Waals surface area contributed by atoms with Gasteiger partial charge in [-0.1, -0.05) is 26.7 Å². The van der Waals surface area contributed by atoms with Gasteiger partial charge in [0.2, 0.25) is 5.78 Å². The topological polar surface area (TPSA) is 66.2 Å². The van der Waals surface area contributed by atoms with Crippen LogP contribution in [0.15, 0.2) is 15.8 Å². The summed E-state index contributed by atoms with van der Waals surface area (Å²) in [6.07, 6.45) is 7.54. The van der Waals surface area contributed by atoms with Gasteiger partial charge in [0.25, 0.3) is 5.56 Å². The summed E-state index contributed by atoms with van der Waals surface area (Å²) in [6, 6.07) is 0.435. The first-order valence-electron chi connectivity index (χ1n) is 9.59. The minimum atomic E-state index is -0.284. The van der Waals surface area contributed by atoms with Crippen LogP contribution in [0.4, 0.5) is 0 Å². The number of hydrogen-bond donors (Lipinski definition) is 0. The van der Waals surface area contributed by atoms with Crippen LogP contribution >= 0.6 is 0 Å². The van der Waals surface area contributed by atoms with Crippen LogP contribution in [-0.2, 0) is 13.6 Å². The van der Waals surface area contributed by atoms with E-state index in [1.54, 1.807) is 7.05 Å². The first-order chi connectivity index (χ1) is 12.4. The fraction of sp³-hybridized carbons (Fsp3) is 0.632. The first-order valence-corrected chi connectivity index (χ1v) is 9.59. The lowest BCUT2D eigenvalue weighted by molar-refractivity contribution is 0.488. The molecule has 0 unspecified atom stereocenters. The van der Waals surface area contributed by atoms with E-state index in [9.17, 15) is 9.59 Å².